The number of benzene rings is 2. The van der Waals surface area contributed by atoms with Crippen molar-refractivity contribution in [3.8, 4) is 11.8 Å². The van der Waals surface area contributed by atoms with E-state index in [-0.39, 0.29) is 0 Å². The second kappa shape index (κ2) is 5.56. The van der Waals surface area contributed by atoms with Crippen LogP contribution in [0.4, 0.5) is 5.69 Å². The molecular weight excluding hydrogens is 292 g/mol. The number of hydrogen-bond donors (Lipinski definition) is 1. The highest BCUT2D eigenvalue weighted by atomic mass is 79.9. The summed E-state index contributed by atoms with van der Waals surface area (Å²) in [6.07, 6.45) is 0. The van der Waals surface area contributed by atoms with Gasteiger partial charge in [-0.05, 0) is 18.2 Å². The number of hydrogen-bond acceptors (Lipinski definition) is 3. The zero-order valence-corrected chi connectivity index (χ0v) is 11.1. The average Bonchev–Trinajstić information content (AvgIpc) is 2.38. The number of nitrogens with two attached hydrogens (primary N) is 1. The number of nitrogens with zero attached hydrogens (tertiary/aromatic N) is 1. The van der Waals surface area contributed by atoms with E-state index < -0.39 is 0 Å². The van der Waals surface area contributed by atoms with Crippen LogP contribution >= 0.6 is 15.9 Å². The van der Waals surface area contributed by atoms with Crippen LogP contribution in [0.2, 0.25) is 0 Å². The van der Waals surface area contributed by atoms with Crippen LogP contribution in [0.3, 0.4) is 0 Å². The molecule has 3 nitrogen and oxygen atoms in total. The van der Waals surface area contributed by atoms with E-state index in [0.29, 0.717) is 23.6 Å². The molecule has 0 aliphatic carbocycles. The predicted octanol–water partition coefficient (Wildman–Crippen LogP) is 3.48. The topological polar surface area (TPSA) is 59.0 Å². The van der Waals surface area contributed by atoms with Crippen LogP contribution in [0.25, 0.3) is 0 Å². The van der Waals surface area contributed by atoms with Gasteiger partial charge in [-0.15, -0.1) is 0 Å². The molecule has 0 unspecified atom stereocenters. The summed E-state index contributed by atoms with van der Waals surface area (Å²) in [6.45, 7) is 0.451. The third-order valence-corrected chi connectivity index (χ3v) is 3.27. The molecule has 2 aromatic rings. The molecular formula is C14H11BrN2O. The molecule has 0 saturated carbocycles. The lowest BCUT2D eigenvalue weighted by Crippen LogP contribution is -1.98. The van der Waals surface area contributed by atoms with E-state index in [1.54, 1.807) is 18.2 Å². The summed E-state index contributed by atoms with van der Waals surface area (Å²) in [5.74, 6) is 0.655. The summed E-state index contributed by atoms with van der Waals surface area (Å²) in [4.78, 5) is 0. The van der Waals surface area contributed by atoms with Gasteiger partial charge in [0.2, 0.25) is 0 Å². The third-order valence-electron chi connectivity index (χ3n) is 2.50. The highest BCUT2D eigenvalue weighted by Gasteiger charge is 2.03. The van der Waals surface area contributed by atoms with Gasteiger partial charge in [-0.2, -0.15) is 5.26 Å². The number of nitrogen functional groups attached to an aromatic ring is 1. The first kappa shape index (κ1) is 12.5. The van der Waals surface area contributed by atoms with Crippen molar-refractivity contribution in [1.29, 1.82) is 5.26 Å². The summed E-state index contributed by atoms with van der Waals surface area (Å²) in [7, 11) is 0. The fraction of sp³-hybridized carbons (Fsp3) is 0.0714. The fourth-order valence-electron chi connectivity index (χ4n) is 1.51. The summed E-state index contributed by atoms with van der Waals surface area (Å²) < 4.78 is 6.64. The maximum Gasteiger partial charge on any atom is 0.121 e. The van der Waals surface area contributed by atoms with Crippen molar-refractivity contribution in [2.24, 2.45) is 0 Å². The molecule has 2 N–H and O–H groups in total. The van der Waals surface area contributed by atoms with Gasteiger partial charge in [0, 0.05) is 16.1 Å². The van der Waals surface area contributed by atoms with Crippen molar-refractivity contribution >= 4 is 21.6 Å². The molecule has 0 saturated heterocycles. The Hall–Kier alpha value is -1.99. The summed E-state index contributed by atoms with van der Waals surface area (Å²) in [5.41, 5.74) is 7.67. The van der Waals surface area contributed by atoms with Gasteiger partial charge >= 0.3 is 0 Å². The lowest BCUT2D eigenvalue weighted by atomic mass is 10.2. The monoisotopic (exact) mass is 302 g/mol. The quantitative estimate of drug-likeness (QED) is 0.883. The molecule has 0 aliphatic rings. The molecule has 2 rings (SSSR count). The van der Waals surface area contributed by atoms with E-state index in [4.69, 9.17) is 15.7 Å². The molecule has 4 heteroatoms. The van der Waals surface area contributed by atoms with Crippen LogP contribution in [0.15, 0.2) is 46.9 Å². The van der Waals surface area contributed by atoms with E-state index in [0.717, 1.165) is 10.0 Å². The fourth-order valence-corrected chi connectivity index (χ4v) is 1.91. The largest absolute Gasteiger partial charge is 0.489 e. The lowest BCUT2D eigenvalue weighted by molar-refractivity contribution is 0.305. The minimum Gasteiger partial charge on any atom is -0.489 e. The molecule has 0 aromatic heterocycles. The molecule has 0 radical (unpaired) electrons. The number of halogens is 1. The Balaban J connectivity index is 2.10. The highest BCUT2D eigenvalue weighted by Crippen LogP contribution is 2.22. The molecule has 0 fully saturated rings. The lowest BCUT2D eigenvalue weighted by Gasteiger charge is -2.08. The molecule has 0 heterocycles. The summed E-state index contributed by atoms with van der Waals surface area (Å²) in [6, 6.07) is 14.9. The first-order valence-corrected chi connectivity index (χ1v) is 6.16. The standard InChI is InChI=1S/C14H11BrN2O/c15-13-4-2-1-3-11(13)9-18-12-6-5-10(8-16)14(17)7-12/h1-7H,9,17H2. The van der Waals surface area contributed by atoms with E-state index in [1.165, 1.54) is 0 Å². The van der Waals surface area contributed by atoms with Gasteiger partial charge in [-0.1, -0.05) is 34.1 Å². The molecule has 2 aromatic carbocycles. The van der Waals surface area contributed by atoms with Gasteiger partial charge in [-0.3, -0.25) is 0 Å². The van der Waals surface area contributed by atoms with Gasteiger partial charge in [0.1, 0.15) is 18.4 Å². The SMILES string of the molecule is N#Cc1ccc(OCc2ccccc2Br)cc1N. The van der Waals surface area contributed by atoms with Crippen LogP contribution < -0.4 is 10.5 Å². The van der Waals surface area contributed by atoms with Gasteiger partial charge in [-0.25, -0.2) is 0 Å². The Labute approximate surface area is 114 Å². The Morgan fingerprint density at radius 1 is 1.22 bits per heavy atom. The Bertz CT molecular complexity index is 605. The van der Waals surface area contributed by atoms with Crippen molar-refractivity contribution in [3.63, 3.8) is 0 Å². The van der Waals surface area contributed by atoms with Gasteiger partial charge in [0.25, 0.3) is 0 Å². The highest BCUT2D eigenvalue weighted by molar-refractivity contribution is 9.10. The molecule has 90 valence electrons. The summed E-state index contributed by atoms with van der Waals surface area (Å²) >= 11 is 3.46. The maximum absolute atomic E-state index is 8.78. The van der Waals surface area contributed by atoms with Crippen LogP contribution in [0.5, 0.6) is 5.75 Å². The van der Waals surface area contributed by atoms with Crippen LogP contribution in [-0.4, -0.2) is 0 Å². The number of anilines is 1. The van der Waals surface area contributed by atoms with Crippen LogP contribution in [-0.2, 0) is 6.61 Å². The predicted molar refractivity (Wildman–Crippen MR) is 74.0 cm³/mol. The molecule has 0 spiro atoms. The minimum atomic E-state index is 0.433. The van der Waals surface area contributed by atoms with Gasteiger partial charge in [0.15, 0.2) is 0 Å². The molecule has 18 heavy (non-hydrogen) atoms. The van der Waals surface area contributed by atoms with Crippen molar-refractivity contribution < 1.29 is 4.74 Å². The summed E-state index contributed by atoms with van der Waals surface area (Å²) in [5, 5.41) is 8.78. The van der Waals surface area contributed by atoms with Gasteiger partial charge < -0.3 is 10.5 Å². The first-order valence-electron chi connectivity index (χ1n) is 5.36. The number of nitriles is 1. The van der Waals surface area contributed by atoms with Crippen LogP contribution in [0, 0.1) is 11.3 Å². The van der Waals surface area contributed by atoms with Crippen LogP contribution in [0.1, 0.15) is 11.1 Å². The Morgan fingerprint density at radius 2 is 2.00 bits per heavy atom. The minimum absolute atomic E-state index is 0.433. The Kier molecular flexibility index (Phi) is 3.85. The van der Waals surface area contributed by atoms with Gasteiger partial charge in [0.05, 0.1) is 11.3 Å². The molecule has 0 bridgehead atoms. The van der Waals surface area contributed by atoms with E-state index in [2.05, 4.69) is 15.9 Å². The molecule has 0 aliphatic heterocycles. The van der Waals surface area contributed by atoms with E-state index in [1.807, 2.05) is 30.3 Å². The zero-order chi connectivity index (χ0) is 13.0. The van der Waals surface area contributed by atoms with Crippen molar-refractivity contribution in [2.75, 3.05) is 5.73 Å². The van der Waals surface area contributed by atoms with Crippen molar-refractivity contribution in [1.82, 2.24) is 0 Å². The zero-order valence-electron chi connectivity index (χ0n) is 9.56. The van der Waals surface area contributed by atoms with E-state index in [9.17, 15) is 0 Å². The Morgan fingerprint density at radius 3 is 2.67 bits per heavy atom. The normalized spacial score (nSPS) is 9.78. The maximum atomic E-state index is 8.78. The third kappa shape index (κ3) is 2.82. The number of rotatable bonds is 3. The second-order valence-corrected chi connectivity index (χ2v) is 4.60. The smallest absolute Gasteiger partial charge is 0.121 e. The van der Waals surface area contributed by atoms with E-state index >= 15 is 0 Å². The molecule has 0 atom stereocenters. The average molecular weight is 303 g/mol. The first-order chi connectivity index (χ1) is 8.70. The number of ether oxygens (including phenoxy) is 1. The van der Waals surface area contributed by atoms with Crippen molar-refractivity contribution in [2.45, 2.75) is 6.61 Å². The van der Waals surface area contributed by atoms with Crippen molar-refractivity contribution in [3.05, 3.63) is 58.1 Å². The molecule has 0 amide bonds. The second-order valence-electron chi connectivity index (χ2n) is 3.74.